The summed E-state index contributed by atoms with van der Waals surface area (Å²) in [7, 11) is 1.88. The summed E-state index contributed by atoms with van der Waals surface area (Å²) >= 11 is 0. The number of anilines is 1. The Morgan fingerprint density at radius 1 is 0.931 bits per heavy atom. The first-order valence-electron chi connectivity index (χ1n) is 10.6. The van der Waals surface area contributed by atoms with E-state index in [9.17, 15) is 9.59 Å². The maximum atomic E-state index is 13.1. The average Bonchev–Trinajstić information content (AvgIpc) is 2.73. The summed E-state index contributed by atoms with van der Waals surface area (Å²) in [5.41, 5.74) is 2.91. The Kier molecular flexibility index (Phi) is 6.41. The molecule has 1 saturated carbocycles. The van der Waals surface area contributed by atoms with Crippen LogP contribution in [0.2, 0.25) is 0 Å². The van der Waals surface area contributed by atoms with Gasteiger partial charge in [-0.2, -0.15) is 0 Å². The summed E-state index contributed by atoms with van der Waals surface area (Å²) in [4.78, 5) is 27.7. The molecule has 0 radical (unpaired) electrons. The minimum absolute atomic E-state index is 0.0316. The second-order valence-electron chi connectivity index (χ2n) is 9.03. The Morgan fingerprint density at radius 2 is 1.55 bits per heavy atom. The van der Waals surface area contributed by atoms with Crippen LogP contribution in [0.15, 0.2) is 48.5 Å². The third kappa shape index (κ3) is 5.06. The monoisotopic (exact) mass is 392 g/mol. The molecule has 0 heterocycles. The van der Waals surface area contributed by atoms with Gasteiger partial charge in [-0.3, -0.25) is 9.59 Å². The summed E-state index contributed by atoms with van der Waals surface area (Å²) in [6, 6.07) is 15.2. The Hall–Kier alpha value is -2.62. The molecule has 2 aromatic rings. The van der Waals surface area contributed by atoms with E-state index in [2.05, 4.69) is 26.1 Å². The summed E-state index contributed by atoms with van der Waals surface area (Å²) < 4.78 is 0. The molecule has 1 aliphatic carbocycles. The van der Waals surface area contributed by atoms with Gasteiger partial charge in [-0.05, 0) is 48.1 Å². The molecule has 1 fully saturated rings. The normalized spacial score (nSPS) is 15.0. The summed E-state index contributed by atoms with van der Waals surface area (Å²) in [5.74, 6) is -0.234. The van der Waals surface area contributed by atoms with Crippen molar-refractivity contribution < 1.29 is 9.59 Å². The molecule has 3 rings (SSSR count). The minimum Gasteiger partial charge on any atom is -0.339 e. The number of nitrogens with one attached hydrogen (secondary N) is 1. The van der Waals surface area contributed by atoms with Crippen LogP contribution in [-0.4, -0.2) is 29.8 Å². The molecule has 0 spiro atoms. The van der Waals surface area contributed by atoms with Gasteiger partial charge in [0.2, 0.25) is 0 Å². The fraction of sp³-hybridized carbons (Fsp3) is 0.440. The molecular formula is C25H32N2O2. The highest BCUT2D eigenvalue weighted by atomic mass is 16.2. The van der Waals surface area contributed by atoms with E-state index in [4.69, 9.17) is 0 Å². The fourth-order valence-electron chi connectivity index (χ4n) is 3.92. The highest BCUT2D eigenvalue weighted by Gasteiger charge is 2.25. The van der Waals surface area contributed by atoms with Crippen molar-refractivity contribution in [3.05, 3.63) is 65.2 Å². The average molecular weight is 393 g/mol. The predicted octanol–water partition coefficient (Wildman–Crippen LogP) is 5.64. The van der Waals surface area contributed by atoms with E-state index in [1.165, 1.54) is 24.8 Å². The van der Waals surface area contributed by atoms with Gasteiger partial charge in [0.25, 0.3) is 11.8 Å². The number of nitrogens with zero attached hydrogens (tertiary/aromatic N) is 1. The van der Waals surface area contributed by atoms with Crippen molar-refractivity contribution in [2.75, 3.05) is 12.4 Å². The molecular weight excluding hydrogens is 360 g/mol. The van der Waals surface area contributed by atoms with Crippen molar-refractivity contribution >= 4 is 17.5 Å². The van der Waals surface area contributed by atoms with Gasteiger partial charge in [-0.1, -0.05) is 64.3 Å². The maximum absolute atomic E-state index is 13.1. The molecule has 29 heavy (non-hydrogen) atoms. The van der Waals surface area contributed by atoms with Crippen LogP contribution < -0.4 is 5.32 Å². The molecule has 1 aliphatic rings. The van der Waals surface area contributed by atoms with Crippen LogP contribution in [-0.2, 0) is 5.41 Å². The van der Waals surface area contributed by atoms with E-state index in [0.29, 0.717) is 16.8 Å². The Morgan fingerprint density at radius 3 is 2.17 bits per heavy atom. The number of para-hydroxylation sites is 1. The number of carbonyl (C=O) groups is 2. The zero-order valence-corrected chi connectivity index (χ0v) is 18.0. The third-order valence-electron chi connectivity index (χ3n) is 5.86. The molecule has 0 unspecified atom stereocenters. The lowest BCUT2D eigenvalue weighted by Gasteiger charge is -2.31. The predicted molar refractivity (Wildman–Crippen MR) is 119 cm³/mol. The molecule has 4 heteroatoms. The quantitative estimate of drug-likeness (QED) is 0.732. The lowest BCUT2D eigenvalue weighted by Crippen LogP contribution is -2.38. The van der Waals surface area contributed by atoms with Crippen LogP contribution in [0.1, 0.15) is 79.2 Å². The van der Waals surface area contributed by atoms with Gasteiger partial charge in [0.05, 0.1) is 11.3 Å². The lowest BCUT2D eigenvalue weighted by molar-refractivity contribution is 0.0697. The van der Waals surface area contributed by atoms with Gasteiger partial charge >= 0.3 is 0 Å². The largest absolute Gasteiger partial charge is 0.339 e. The third-order valence-corrected chi connectivity index (χ3v) is 5.86. The summed E-state index contributed by atoms with van der Waals surface area (Å²) in [6.07, 6.45) is 5.70. The van der Waals surface area contributed by atoms with Crippen LogP contribution >= 0.6 is 0 Å². The zero-order chi connectivity index (χ0) is 21.0. The summed E-state index contributed by atoms with van der Waals surface area (Å²) in [5, 5.41) is 2.94. The van der Waals surface area contributed by atoms with Gasteiger partial charge in [0.1, 0.15) is 0 Å². The SMILES string of the molecule is CN(C(=O)c1ccccc1NC(=O)c1ccc(C(C)(C)C)cc1)C1CCCCC1. The summed E-state index contributed by atoms with van der Waals surface area (Å²) in [6.45, 7) is 6.44. The van der Waals surface area contributed by atoms with E-state index < -0.39 is 0 Å². The number of hydrogen-bond donors (Lipinski definition) is 1. The van der Waals surface area contributed by atoms with E-state index in [-0.39, 0.29) is 23.3 Å². The molecule has 1 N–H and O–H groups in total. The van der Waals surface area contributed by atoms with Crippen molar-refractivity contribution in [2.24, 2.45) is 0 Å². The minimum atomic E-state index is -0.203. The Labute approximate surface area is 174 Å². The van der Waals surface area contributed by atoms with Crippen LogP contribution in [0.3, 0.4) is 0 Å². The number of hydrogen-bond acceptors (Lipinski definition) is 2. The van der Waals surface area contributed by atoms with Gasteiger partial charge in [0, 0.05) is 18.7 Å². The van der Waals surface area contributed by atoms with E-state index >= 15 is 0 Å². The molecule has 0 saturated heterocycles. The first-order chi connectivity index (χ1) is 13.8. The Balaban J connectivity index is 1.76. The van der Waals surface area contributed by atoms with Crippen molar-refractivity contribution in [1.29, 1.82) is 0 Å². The van der Waals surface area contributed by atoms with Gasteiger partial charge < -0.3 is 10.2 Å². The van der Waals surface area contributed by atoms with Gasteiger partial charge in [-0.25, -0.2) is 0 Å². The zero-order valence-electron chi connectivity index (χ0n) is 18.0. The smallest absolute Gasteiger partial charge is 0.255 e. The molecule has 0 aromatic heterocycles. The first kappa shape index (κ1) is 21.1. The number of benzene rings is 2. The second kappa shape index (κ2) is 8.81. The second-order valence-corrected chi connectivity index (χ2v) is 9.03. The van der Waals surface area contributed by atoms with Crippen molar-refractivity contribution in [3.63, 3.8) is 0 Å². The van der Waals surface area contributed by atoms with Crippen molar-refractivity contribution in [2.45, 2.75) is 64.3 Å². The fourth-order valence-corrected chi connectivity index (χ4v) is 3.92. The topological polar surface area (TPSA) is 49.4 Å². The lowest BCUT2D eigenvalue weighted by atomic mass is 9.86. The van der Waals surface area contributed by atoms with Crippen molar-refractivity contribution in [3.8, 4) is 0 Å². The van der Waals surface area contributed by atoms with Crippen molar-refractivity contribution in [1.82, 2.24) is 4.90 Å². The van der Waals surface area contributed by atoms with Crippen LogP contribution in [0, 0.1) is 0 Å². The molecule has 4 nitrogen and oxygen atoms in total. The molecule has 2 aromatic carbocycles. The van der Waals surface area contributed by atoms with E-state index in [0.717, 1.165) is 12.8 Å². The van der Waals surface area contributed by atoms with Gasteiger partial charge in [0.15, 0.2) is 0 Å². The number of amides is 2. The number of rotatable bonds is 4. The molecule has 0 bridgehead atoms. The first-order valence-corrected chi connectivity index (χ1v) is 10.6. The molecule has 154 valence electrons. The molecule has 0 atom stereocenters. The molecule has 2 amide bonds. The van der Waals surface area contributed by atoms with E-state index in [1.807, 2.05) is 48.3 Å². The standard InChI is InChI=1S/C25H32N2O2/c1-25(2,3)19-16-14-18(15-17-19)23(28)26-22-13-9-8-12-21(22)24(29)27(4)20-10-6-5-7-11-20/h8-9,12-17,20H,5-7,10-11H2,1-4H3,(H,26,28). The Bertz CT molecular complexity index is 859. The van der Waals surface area contributed by atoms with Crippen LogP contribution in [0.4, 0.5) is 5.69 Å². The highest BCUT2D eigenvalue weighted by molar-refractivity contribution is 6.09. The van der Waals surface area contributed by atoms with Gasteiger partial charge in [-0.15, -0.1) is 0 Å². The number of carbonyl (C=O) groups excluding carboxylic acids is 2. The highest BCUT2D eigenvalue weighted by Crippen LogP contribution is 2.26. The maximum Gasteiger partial charge on any atom is 0.255 e. The van der Waals surface area contributed by atoms with Crippen LogP contribution in [0.25, 0.3) is 0 Å². The molecule has 0 aliphatic heterocycles. The van der Waals surface area contributed by atoms with E-state index in [1.54, 1.807) is 12.1 Å². The van der Waals surface area contributed by atoms with Crippen LogP contribution in [0.5, 0.6) is 0 Å².